The van der Waals surface area contributed by atoms with E-state index in [-0.39, 0.29) is 0 Å². The maximum Gasteiger partial charge on any atom is 0.0382 e. The molecule has 1 unspecified atom stereocenters. The molecule has 1 nitrogen and oxygen atoms in total. The zero-order valence-electron chi connectivity index (χ0n) is 8.30. The Kier molecular flexibility index (Phi) is 6.19. The van der Waals surface area contributed by atoms with Gasteiger partial charge in [0.2, 0.25) is 0 Å². The fraction of sp³-hybridized carbons (Fsp3) is 0.900. The summed E-state index contributed by atoms with van der Waals surface area (Å²) in [5.74, 6) is 1.42. The monoisotopic (exact) mass is 155 g/mol. The second-order valence-corrected chi connectivity index (χ2v) is 3.30. The van der Waals surface area contributed by atoms with Crippen LogP contribution in [0.2, 0.25) is 0 Å². The van der Waals surface area contributed by atoms with Crippen LogP contribution in [0.1, 0.15) is 40.5 Å². The second-order valence-electron chi connectivity index (χ2n) is 3.30. The molecular formula is C10H21N. The predicted octanol–water partition coefficient (Wildman–Crippen LogP) is 3.15. The summed E-state index contributed by atoms with van der Waals surface area (Å²) in [4.78, 5) is 4.33. The maximum absolute atomic E-state index is 4.33. The van der Waals surface area contributed by atoms with Crippen LogP contribution >= 0.6 is 0 Å². The molecule has 0 rings (SSSR count). The molecule has 0 aliphatic heterocycles. The first-order valence-corrected chi connectivity index (χ1v) is 4.72. The fourth-order valence-electron chi connectivity index (χ4n) is 0.889. The normalized spacial score (nSPS) is 17.1. The number of rotatable bonds is 5. The Hall–Kier alpha value is -0.330. The van der Waals surface area contributed by atoms with Crippen LogP contribution in [0, 0.1) is 11.8 Å². The van der Waals surface area contributed by atoms with Crippen molar-refractivity contribution in [3.05, 3.63) is 0 Å². The van der Waals surface area contributed by atoms with Gasteiger partial charge in [0, 0.05) is 12.8 Å². The molecule has 0 saturated heterocycles. The summed E-state index contributed by atoms with van der Waals surface area (Å²) < 4.78 is 0. The zero-order chi connectivity index (χ0) is 8.69. The summed E-state index contributed by atoms with van der Waals surface area (Å²) >= 11 is 0. The molecule has 0 aromatic rings. The third-order valence-corrected chi connectivity index (χ3v) is 2.23. The number of hydrogen-bond donors (Lipinski definition) is 0. The van der Waals surface area contributed by atoms with Gasteiger partial charge in [-0.05, 0) is 18.3 Å². The van der Waals surface area contributed by atoms with Crippen molar-refractivity contribution in [3.63, 3.8) is 0 Å². The van der Waals surface area contributed by atoms with Crippen molar-refractivity contribution < 1.29 is 0 Å². The van der Waals surface area contributed by atoms with Crippen molar-refractivity contribution in [2.45, 2.75) is 40.5 Å². The summed E-state index contributed by atoms with van der Waals surface area (Å²) in [5.41, 5.74) is 0. The Balaban J connectivity index is 3.57. The number of aliphatic imine (C=N–C) groups is 1. The topological polar surface area (TPSA) is 12.4 Å². The molecule has 0 aromatic heterocycles. The zero-order valence-corrected chi connectivity index (χ0v) is 8.30. The summed E-state index contributed by atoms with van der Waals surface area (Å²) in [6.07, 6.45) is 4.51. The van der Waals surface area contributed by atoms with Crippen LogP contribution in [0.25, 0.3) is 0 Å². The summed E-state index contributed by atoms with van der Waals surface area (Å²) in [5, 5.41) is 0. The van der Waals surface area contributed by atoms with E-state index < -0.39 is 0 Å². The van der Waals surface area contributed by atoms with E-state index in [0.717, 1.165) is 18.9 Å². The largest absolute Gasteiger partial charge is 0.297 e. The van der Waals surface area contributed by atoms with Crippen molar-refractivity contribution >= 4 is 6.21 Å². The molecule has 0 aliphatic carbocycles. The SMILES string of the molecule is CCCN=C[C@@H](C)C(C)CC. The molecule has 0 radical (unpaired) electrons. The molecule has 11 heavy (non-hydrogen) atoms. The Bertz CT molecular complexity index is 107. The maximum atomic E-state index is 4.33. The lowest BCUT2D eigenvalue weighted by molar-refractivity contribution is 0.475. The highest BCUT2D eigenvalue weighted by atomic mass is 14.7. The van der Waals surface area contributed by atoms with E-state index in [0.29, 0.717) is 5.92 Å². The summed E-state index contributed by atoms with van der Waals surface area (Å²) in [6.45, 7) is 9.90. The Morgan fingerprint density at radius 1 is 1.27 bits per heavy atom. The summed E-state index contributed by atoms with van der Waals surface area (Å²) in [7, 11) is 0. The smallest absolute Gasteiger partial charge is 0.0382 e. The third kappa shape index (κ3) is 5.00. The minimum absolute atomic E-state index is 0.645. The van der Waals surface area contributed by atoms with Gasteiger partial charge in [-0.1, -0.05) is 34.1 Å². The highest BCUT2D eigenvalue weighted by molar-refractivity contribution is 5.60. The van der Waals surface area contributed by atoms with Gasteiger partial charge in [0.05, 0.1) is 0 Å². The van der Waals surface area contributed by atoms with E-state index >= 15 is 0 Å². The van der Waals surface area contributed by atoms with E-state index in [1.54, 1.807) is 0 Å². The molecule has 0 aromatic carbocycles. The van der Waals surface area contributed by atoms with Crippen LogP contribution in [0.15, 0.2) is 4.99 Å². The average Bonchev–Trinajstić information content (AvgIpc) is 2.03. The molecule has 0 fully saturated rings. The standard InChI is InChI=1S/C10H21N/c1-5-7-11-8-10(4)9(3)6-2/h8-10H,5-7H2,1-4H3/t9?,10-/m1/s1. The van der Waals surface area contributed by atoms with E-state index in [4.69, 9.17) is 0 Å². The lowest BCUT2D eigenvalue weighted by Crippen LogP contribution is -2.08. The van der Waals surface area contributed by atoms with E-state index in [1.807, 2.05) is 0 Å². The Morgan fingerprint density at radius 3 is 2.36 bits per heavy atom. The van der Waals surface area contributed by atoms with Gasteiger partial charge in [-0.25, -0.2) is 0 Å². The average molecular weight is 155 g/mol. The van der Waals surface area contributed by atoms with Crippen molar-refractivity contribution in [2.24, 2.45) is 16.8 Å². The van der Waals surface area contributed by atoms with Gasteiger partial charge in [0.1, 0.15) is 0 Å². The van der Waals surface area contributed by atoms with Crippen LogP contribution in [0.3, 0.4) is 0 Å². The minimum Gasteiger partial charge on any atom is -0.297 e. The van der Waals surface area contributed by atoms with Crippen LogP contribution in [0.4, 0.5) is 0 Å². The van der Waals surface area contributed by atoms with Gasteiger partial charge in [-0.15, -0.1) is 0 Å². The first kappa shape index (κ1) is 10.7. The lowest BCUT2D eigenvalue weighted by Gasteiger charge is -2.12. The van der Waals surface area contributed by atoms with Crippen LogP contribution in [0.5, 0.6) is 0 Å². The van der Waals surface area contributed by atoms with Gasteiger partial charge in [-0.3, -0.25) is 4.99 Å². The molecule has 0 N–H and O–H groups in total. The van der Waals surface area contributed by atoms with Crippen LogP contribution < -0.4 is 0 Å². The highest BCUT2D eigenvalue weighted by Gasteiger charge is 2.05. The molecule has 0 saturated carbocycles. The molecule has 66 valence electrons. The second kappa shape index (κ2) is 6.38. The quantitative estimate of drug-likeness (QED) is 0.541. The van der Waals surface area contributed by atoms with Gasteiger partial charge in [0.15, 0.2) is 0 Å². The molecule has 0 bridgehead atoms. The number of nitrogens with zero attached hydrogens (tertiary/aromatic N) is 1. The first-order valence-electron chi connectivity index (χ1n) is 4.72. The van der Waals surface area contributed by atoms with Crippen molar-refractivity contribution in [1.82, 2.24) is 0 Å². The van der Waals surface area contributed by atoms with Gasteiger partial charge in [0.25, 0.3) is 0 Å². The lowest BCUT2D eigenvalue weighted by atomic mass is 9.95. The molecule has 0 aliphatic rings. The van der Waals surface area contributed by atoms with Crippen LogP contribution in [-0.4, -0.2) is 12.8 Å². The molecule has 0 amide bonds. The highest BCUT2D eigenvalue weighted by Crippen LogP contribution is 2.11. The molecule has 0 heterocycles. The molecule has 2 atom stereocenters. The van der Waals surface area contributed by atoms with E-state index in [1.165, 1.54) is 6.42 Å². The van der Waals surface area contributed by atoms with Crippen molar-refractivity contribution in [3.8, 4) is 0 Å². The van der Waals surface area contributed by atoms with Crippen molar-refractivity contribution in [1.29, 1.82) is 0 Å². The molecular weight excluding hydrogens is 134 g/mol. The Morgan fingerprint density at radius 2 is 1.91 bits per heavy atom. The third-order valence-electron chi connectivity index (χ3n) is 2.23. The van der Waals surface area contributed by atoms with Gasteiger partial charge < -0.3 is 0 Å². The number of hydrogen-bond acceptors (Lipinski definition) is 1. The molecule has 1 heteroatoms. The van der Waals surface area contributed by atoms with E-state index in [2.05, 4.69) is 38.9 Å². The predicted molar refractivity (Wildman–Crippen MR) is 52.3 cm³/mol. The first-order chi connectivity index (χ1) is 5.22. The fourth-order valence-corrected chi connectivity index (χ4v) is 0.889. The molecule has 0 spiro atoms. The van der Waals surface area contributed by atoms with Crippen molar-refractivity contribution in [2.75, 3.05) is 6.54 Å². The Labute approximate surface area is 70.9 Å². The minimum atomic E-state index is 0.645. The van der Waals surface area contributed by atoms with Gasteiger partial charge in [-0.2, -0.15) is 0 Å². The van der Waals surface area contributed by atoms with E-state index in [9.17, 15) is 0 Å². The summed E-state index contributed by atoms with van der Waals surface area (Å²) in [6, 6.07) is 0. The van der Waals surface area contributed by atoms with Crippen LogP contribution in [-0.2, 0) is 0 Å². The van der Waals surface area contributed by atoms with Gasteiger partial charge >= 0.3 is 0 Å².